The molecule has 0 aliphatic carbocycles. The average molecular weight is 784 g/mol. The predicted molar refractivity (Wildman–Crippen MR) is 211 cm³/mol. The molecule has 4 aromatic rings. The zero-order valence-corrected chi connectivity index (χ0v) is 33.9. The van der Waals surface area contributed by atoms with E-state index >= 15 is 0 Å². The first kappa shape index (κ1) is 47.1. The normalized spacial score (nSPS) is 10.9. The van der Waals surface area contributed by atoms with E-state index in [0.29, 0.717) is 63.1 Å². The third-order valence-corrected chi connectivity index (χ3v) is 7.56. The Hall–Kier alpha value is -5.09. The Bertz CT molecular complexity index is 1690. The Kier molecular flexibility index (Phi) is 22.4. The summed E-state index contributed by atoms with van der Waals surface area (Å²) in [6, 6.07) is 7.77. The molecule has 4 rings (SSSR count). The van der Waals surface area contributed by atoms with Gasteiger partial charge in [-0.15, -0.1) is 15.3 Å². The molecule has 14 nitrogen and oxygen atoms in total. The van der Waals surface area contributed by atoms with Gasteiger partial charge in [0.15, 0.2) is 0 Å². The molecule has 0 fully saturated rings. The first-order valence-electron chi connectivity index (χ1n) is 19.4. The Balaban J connectivity index is 0.000000293. The maximum Gasteiger partial charge on any atom is 0.251 e. The van der Waals surface area contributed by atoms with Crippen molar-refractivity contribution in [1.29, 1.82) is 0 Å². The third-order valence-electron chi connectivity index (χ3n) is 7.56. The summed E-state index contributed by atoms with van der Waals surface area (Å²) >= 11 is 0. The van der Waals surface area contributed by atoms with Crippen molar-refractivity contribution in [3.63, 3.8) is 0 Å². The van der Waals surface area contributed by atoms with Crippen LogP contribution in [0.15, 0.2) is 55.1 Å². The minimum atomic E-state index is -0.355. The summed E-state index contributed by atoms with van der Waals surface area (Å²) in [4.78, 5) is 23.2. The first-order valence-corrected chi connectivity index (χ1v) is 19.4. The molecule has 0 atom stereocenters. The Morgan fingerprint density at radius 3 is 1.68 bits per heavy atom. The highest BCUT2D eigenvalue weighted by Gasteiger charge is 2.09. The first-order chi connectivity index (χ1) is 26.8. The fourth-order valence-electron chi connectivity index (χ4n) is 5.09. The summed E-state index contributed by atoms with van der Waals surface area (Å²) in [5.41, 5.74) is 4.73. The highest BCUT2D eigenvalue weighted by atomic mass is 18.2. The molecule has 0 radical (unpaired) electrons. The standard InChI is InChI=1S/C15H19FN4O.C13H23FN4O.C11H19FN4/c1-11(2)17-15(21)12-5-7-14(8-6-12)20-10-13(18-19-20)4-3-9-16;1-11(2)15-13(19)7-3-4-9-18-10-12(16-17-18)6-5-8-14;1-9(2)13-10(3)7-16-8-11(14-15-16)5-4-6-12/h5-8,10-11H,3-4,9H2,1-2H3,(H,17,21);10-11H,3-9H2,1-2H3,(H,15,19);8-9,13H,3-7H2,1-2H3/i16-1;14-1;12-1. The van der Waals surface area contributed by atoms with Crippen LogP contribution in [0.4, 0.5) is 13.2 Å². The SMILES string of the molecule is C=C(Cn1cc(CCC[18F])nn1)NC(C)C.CC(C)NC(=O)CCCCn1cc(CCC[18F])nn1.CC(C)NC(=O)c1ccc(-n2cc(CCC[18F])nn2)cc1. The molecule has 1 aromatic carbocycles. The van der Waals surface area contributed by atoms with Gasteiger partial charge in [0.2, 0.25) is 5.91 Å². The average Bonchev–Trinajstić information content (AvgIpc) is 3.92. The fraction of sp³-hybridized carbons (Fsp3) is 0.590. The fourth-order valence-corrected chi connectivity index (χ4v) is 5.09. The minimum absolute atomic E-state index is 0.0947. The van der Waals surface area contributed by atoms with Gasteiger partial charge in [0, 0.05) is 54.7 Å². The molecular formula is C39H61F3N12O2. The summed E-state index contributed by atoms with van der Waals surface area (Å²) in [6.45, 7) is 16.1. The van der Waals surface area contributed by atoms with E-state index in [1.165, 1.54) is 0 Å². The van der Waals surface area contributed by atoms with Crippen LogP contribution in [-0.4, -0.2) is 94.9 Å². The molecule has 2 amide bonds. The maximum absolute atomic E-state index is 12.1. The van der Waals surface area contributed by atoms with E-state index in [0.717, 1.165) is 47.9 Å². The molecule has 0 saturated heterocycles. The number of hydrogen-bond donors (Lipinski definition) is 3. The summed E-state index contributed by atoms with van der Waals surface area (Å²) < 4.78 is 41.2. The predicted octanol–water partition coefficient (Wildman–Crippen LogP) is 5.87. The van der Waals surface area contributed by atoms with E-state index in [2.05, 4.69) is 67.3 Å². The van der Waals surface area contributed by atoms with Crippen LogP contribution in [-0.2, 0) is 37.1 Å². The molecule has 0 saturated carbocycles. The monoisotopic (exact) mass is 784 g/mol. The lowest BCUT2D eigenvalue weighted by Crippen LogP contribution is -2.29. The Labute approximate surface area is 329 Å². The van der Waals surface area contributed by atoms with Crippen molar-refractivity contribution < 1.29 is 22.8 Å². The van der Waals surface area contributed by atoms with Crippen LogP contribution in [0.5, 0.6) is 0 Å². The van der Waals surface area contributed by atoms with Gasteiger partial charge in [0.1, 0.15) is 0 Å². The zero-order valence-electron chi connectivity index (χ0n) is 33.9. The molecule has 0 unspecified atom stereocenters. The number of rotatable bonds is 22. The topological polar surface area (TPSA) is 162 Å². The van der Waals surface area contributed by atoms with E-state index in [4.69, 9.17) is 0 Å². The van der Waals surface area contributed by atoms with Crippen LogP contribution in [0.1, 0.15) is 108 Å². The van der Waals surface area contributed by atoms with E-state index in [1.54, 1.807) is 32.4 Å². The largest absolute Gasteiger partial charge is 0.385 e. The second kappa shape index (κ2) is 26.7. The number of unbranched alkanes of at least 4 members (excludes halogenated alkanes) is 1. The van der Waals surface area contributed by atoms with Crippen LogP contribution in [0.3, 0.4) is 0 Å². The van der Waals surface area contributed by atoms with Crippen molar-refractivity contribution in [2.45, 2.75) is 131 Å². The van der Waals surface area contributed by atoms with Crippen LogP contribution in [0, 0.1) is 0 Å². The Morgan fingerprint density at radius 1 is 0.643 bits per heavy atom. The number of halogens is 3. The minimum Gasteiger partial charge on any atom is -0.385 e. The van der Waals surface area contributed by atoms with E-state index < -0.39 is 0 Å². The van der Waals surface area contributed by atoms with Gasteiger partial charge >= 0.3 is 0 Å². The lowest BCUT2D eigenvalue weighted by molar-refractivity contribution is -0.121. The highest BCUT2D eigenvalue weighted by molar-refractivity contribution is 5.94. The lowest BCUT2D eigenvalue weighted by atomic mass is 10.2. The van der Waals surface area contributed by atoms with Crippen molar-refractivity contribution in [3.05, 3.63) is 77.8 Å². The molecule has 56 heavy (non-hydrogen) atoms. The van der Waals surface area contributed by atoms with E-state index in [9.17, 15) is 22.8 Å². The number of nitrogens with zero attached hydrogens (tertiary/aromatic N) is 9. The van der Waals surface area contributed by atoms with Crippen LogP contribution >= 0.6 is 0 Å². The van der Waals surface area contributed by atoms with Gasteiger partial charge in [0.05, 0.1) is 55.5 Å². The van der Waals surface area contributed by atoms with Crippen LogP contribution in [0.25, 0.3) is 5.69 Å². The van der Waals surface area contributed by atoms with Crippen LogP contribution < -0.4 is 16.0 Å². The number of allylic oxidation sites excluding steroid dienone is 1. The van der Waals surface area contributed by atoms with Gasteiger partial charge in [-0.1, -0.05) is 22.2 Å². The summed E-state index contributed by atoms with van der Waals surface area (Å²) in [6.07, 6.45) is 11.0. The molecule has 0 aliphatic heterocycles. The molecule has 3 N–H and O–H groups in total. The number of hydrogen-bond acceptors (Lipinski definition) is 9. The smallest absolute Gasteiger partial charge is 0.251 e. The van der Waals surface area contributed by atoms with Gasteiger partial charge in [-0.3, -0.25) is 27.4 Å². The highest BCUT2D eigenvalue weighted by Crippen LogP contribution is 2.11. The number of amides is 2. The van der Waals surface area contributed by atoms with Gasteiger partial charge in [-0.05, 0) is 117 Å². The number of carbonyl (C=O) groups is 2. The van der Waals surface area contributed by atoms with E-state index in [1.807, 2.05) is 52.2 Å². The number of benzene rings is 1. The summed E-state index contributed by atoms with van der Waals surface area (Å²) in [7, 11) is 0. The van der Waals surface area contributed by atoms with Gasteiger partial charge < -0.3 is 16.0 Å². The Morgan fingerprint density at radius 2 is 1.14 bits per heavy atom. The van der Waals surface area contributed by atoms with Crippen molar-refractivity contribution >= 4 is 11.8 Å². The van der Waals surface area contributed by atoms with Crippen LogP contribution in [0.2, 0.25) is 0 Å². The summed E-state index contributed by atoms with van der Waals surface area (Å²) in [5.74, 6) is -0.00370. The number of alkyl halides is 3. The number of nitrogens with one attached hydrogen (secondary N) is 3. The molecule has 0 bridgehead atoms. The third kappa shape index (κ3) is 20.0. The second-order valence-corrected chi connectivity index (χ2v) is 14.2. The molecular weight excluding hydrogens is 723 g/mol. The van der Waals surface area contributed by atoms with Gasteiger partial charge in [-0.2, -0.15) is 0 Å². The van der Waals surface area contributed by atoms with Crippen molar-refractivity contribution in [2.24, 2.45) is 0 Å². The molecule has 310 valence electrons. The van der Waals surface area contributed by atoms with Gasteiger partial charge in [0.25, 0.3) is 5.91 Å². The van der Waals surface area contributed by atoms with E-state index in [-0.39, 0.29) is 43.9 Å². The molecule has 0 aliphatic rings. The molecule has 17 heteroatoms. The van der Waals surface area contributed by atoms with Gasteiger partial charge in [-0.25, -0.2) is 9.36 Å². The molecule has 3 heterocycles. The van der Waals surface area contributed by atoms with Crippen molar-refractivity contribution in [2.75, 3.05) is 20.0 Å². The zero-order chi connectivity index (χ0) is 41.3. The molecule has 3 aromatic heterocycles. The maximum atomic E-state index is 12.1. The number of carbonyl (C=O) groups excluding carboxylic acids is 2. The number of aryl methyl sites for hydroxylation is 4. The van der Waals surface area contributed by atoms with Crippen molar-refractivity contribution in [1.82, 2.24) is 60.9 Å². The number of aromatic nitrogens is 9. The second-order valence-electron chi connectivity index (χ2n) is 14.2. The molecule has 0 spiro atoms. The lowest BCUT2D eigenvalue weighted by Gasteiger charge is -2.11. The quantitative estimate of drug-likeness (QED) is 0.0828. The van der Waals surface area contributed by atoms with Crippen molar-refractivity contribution in [3.8, 4) is 5.69 Å². The summed E-state index contributed by atoms with van der Waals surface area (Å²) in [5, 5.41) is 32.8.